The summed E-state index contributed by atoms with van der Waals surface area (Å²) in [5.41, 5.74) is -0.825. The molecule has 0 atom stereocenters. The molecule has 7 heteroatoms. The first kappa shape index (κ1) is 13.9. The van der Waals surface area contributed by atoms with Gasteiger partial charge in [0.1, 0.15) is 0 Å². The molecule has 4 nitrogen and oxygen atoms in total. The Morgan fingerprint density at radius 1 is 1.20 bits per heavy atom. The molecule has 0 saturated heterocycles. The lowest BCUT2D eigenvalue weighted by molar-refractivity contribution is -0.141. The van der Waals surface area contributed by atoms with E-state index >= 15 is 0 Å². The topological polar surface area (TPSA) is 63.3 Å². The van der Waals surface area contributed by atoms with Crippen LogP contribution in [-0.2, 0) is 6.18 Å². The number of aromatic carboxylic acids is 1. The molecule has 1 heterocycles. The highest BCUT2D eigenvalue weighted by Crippen LogP contribution is 2.32. The number of carboxylic acids is 1. The Hall–Kier alpha value is -2.57. The van der Waals surface area contributed by atoms with Crippen molar-refractivity contribution < 1.29 is 27.5 Å². The van der Waals surface area contributed by atoms with Crippen molar-refractivity contribution in [3.8, 4) is 0 Å². The molecule has 1 N–H and O–H groups in total. The Balaban J connectivity index is 2.35. The molecular formula is C13H8F3NO3. The number of benzene rings is 1. The van der Waals surface area contributed by atoms with Crippen LogP contribution < -0.4 is 0 Å². The Morgan fingerprint density at radius 2 is 1.85 bits per heavy atom. The van der Waals surface area contributed by atoms with Gasteiger partial charge in [-0.15, -0.1) is 0 Å². The number of nitrogens with zero attached hydrogens (tertiary/aromatic N) is 1. The van der Waals surface area contributed by atoms with Crippen LogP contribution in [-0.4, -0.2) is 16.1 Å². The summed E-state index contributed by atoms with van der Waals surface area (Å²) in [6, 6.07) is 8.73. The van der Waals surface area contributed by atoms with Crippen molar-refractivity contribution in [1.29, 1.82) is 0 Å². The van der Waals surface area contributed by atoms with Crippen LogP contribution in [0.4, 0.5) is 13.2 Å². The lowest BCUT2D eigenvalue weighted by Crippen LogP contribution is -2.11. The van der Waals surface area contributed by atoms with Gasteiger partial charge in [-0.2, -0.15) is 13.2 Å². The van der Waals surface area contributed by atoms with Crippen molar-refractivity contribution in [1.82, 2.24) is 4.98 Å². The summed E-state index contributed by atoms with van der Waals surface area (Å²) in [4.78, 5) is 13.9. The van der Waals surface area contributed by atoms with Gasteiger partial charge in [-0.05, 0) is 11.6 Å². The molecule has 104 valence electrons. The van der Waals surface area contributed by atoms with E-state index < -0.39 is 29.5 Å². The average Bonchev–Trinajstić information content (AvgIpc) is 2.82. The highest BCUT2D eigenvalue weighted by atomic mass is 19.4. The van der Waals surface area contributed by atoms with E-state index in [1.54, 1.807) is 30.3 Å². The van der Waals surface area contributed by atoms with E-state index in [1.807, 2.05) is 0 Å². The minimum atomic E-state index is -4.88. The molecule has 0 amide bonds. The molecule has 1 aromatic carbocycles. The molecule has 2 rings (SSSR count). The first-order valence-corrected chi connectivity index (χ1v) is 5.42. The smallest absolute Gasteiger partial charge is 0.437 e. The maximum Gasteiger partial charge on any atom is 0.437 e. The van der Waals surface area contributed by atoms with Crippen LogP contribution in [0.2, 0.25) is 0 Å². The van der Waals surface area contributed by atoms with Gasteiger partial charge >= 0.3 is 12.1 Å². The van der Waals surface area contributed by atoms with Gasteiger partial charge in [0, 0.05) is 6.08 Å². The highest BCUT2D eigenvalue weighted by Gasteiger charge is 2.40. The quantitative estimate of drug-likeness (QED) is 0.935. The number of carboxylic acid groups (broad SMARTS) is 1. The number of aromatic nitrogens is 1. The minimum absolute atomic E-state index is 0.418. The second-order valence-electron chi connectivity index (χ2n) is 3.78. The normalized spacial score (nSPS) is 11.9. The lowest BCUT2D eigenvalue weighted by atomic mass is 10.2. The zero-order valence-electron chi connectivity index (χ0n) is 9.89. The molecule has 0 aliphatic carbocycles. The largest absolute Gasteiger partial charge is 0.475 e. The van der Waals surface area contributed by atoms with Gasteiger partial charge in [0.25, 0.3) is 0 Å². The molecule has 0 fully saturated rings. The molecule has 0 aliphatic heterocycles. The van der Waals surface area contributed by atoms with Gasteiger partial charge in [0.05, 0.1) is 0 Å². The lowest BCUT2D eigenvalue weighted by Gasteiger charge is -2.00. The summed E-state index contributed by atoms with van der Waals surface area (Å²) in [5, 5.41) is 8.67. The first-order chi connectivity index (χ1) is 9.38. The molecule has 0 radical (unpaired) electrons. The van der Waals surface area contributed by atoms with Crippen LogP contribution in [0.15, 0.2) is 34.7 Å². The summed E-state index contributed by atoms with van der Waals surface area (Å²) < 4.78 is 42.3. The van der Waals surface area contributed by atoms with Gasteiger partial charge in [-0.1, -0.05) is 30.3 Å². The zero-order valence-corrected chi connectivity index (χ0v) is 9.89. The highest BCUT2D eigenvalue weighted by molar-refractivity contribution is 5.86. The molecule has 0 spiro atoms. The first-order valence-electron chi connectivity index (χ1n) is 5.42. The van der Waals surface area contributed by atoms with Gasteiger partial charge in [0.15, 0.2) is 5.69 Å². The summed E-state index contributed by atoms with van der Waals surface area (Å²) in [7, 11) is 0. The molecular weight excluding hydrogens is 275 g/mol. The van der Waals surface area contributed by atoms with E-state index in [0.29, 0.717) is 0 Å². The van der Waals surface area contributed by atoms with Gasteiger partial charge < -0.3 is 9.52 Å². The third-order valence-electron chi connectivity index (χ3n) is 2.32. The fraction of sp³-hybridized carbons (Fsp3) is 0.0769. The third-order valence-corrected chi connectivity index (χ3v) is 2.32. The van der Waals surface area contributed by atoms with Crippen LogP contribution in [0.25, 0.3) is 12.2 Å². The number of carbonyl (C=O) groups is 1. The van der Waals surface area contributed by atoms with E-state index in [2.05, 4.69) is 9.40 Å². The Morgan fingerprint density at radius 3 is 2.35 bits per heavy atom. The van der Waals surface area contributed by atoms with E-state index in [4.69, 9.17) is 5.11 Å². The molecule has 20 heavy (non-hydrogen) atoms. The monoisotopic (exact) mass is 283 g/mol. The van der Waals surface area contributed by atoms with Gasteiger partial charge in [-0.3, -0.25) is 0 Å². The maximum atomic E-state index is 12.6. The van der Waals surface area contributed by atoms with Crippen molar-refractivity contribution in [2.24, 2.45) is 0 Å². The SMILES string of the molecule is O=C(O)c1oc(/C=C/c2ccccc2)nc1C(F)(F)F. The number of hydrogen-bond acceptors (Lipinski definition) is 3. The molecule has 1 aromatic heterocycles. The third kappa shape index (κ3) is 3.05. The average molecular weight is 283 g/mol. The van der Waals surface area contributed by atoms with E-state index in [1.165, 1.54) is 12.2 Å². The standard InChI is InChI=1S/C13H8F3NO3/c14-13(15,16)11-10(12(18)19)20-9(17-11)7-6-8-4-2-1-3-5-8/h1-7H,(H,18,19)/b7-6+. The number of halogens is 3. The fourth-order valence-electron chi connectivity index (χ4n) is 1.48. The van der Waals surface area contributed by atoms with Crippen LogP contribution >= 0.6 is 0 Å². The predicted octanol–water partition coefficient (Wildman–Crippen LogP) is 3.56. The minimum Gasteiger partial charge on any atom is -0.475 e. The predicted molar refractivity (Wildman–Crippen MR) is 63.8 cm³/mol. The second kappa shape index (κ2) is 5.20. The van der Waals surface area contributed by atoms with Crippen LogP contribution in [0.1, 0.15) is 27.7 Å². The maximum absolute atomic E-state index is 12.6. The van der Waals surface area contributed by atoms with Crippen molar-refractivity contribution in [3.05, 3.63) is 53.2 Å². The van der Waals surface area contributed by atoms with Crippen molar-refractivity contribution >= 4 is 18.1 Å². The summed E-state index contributed by atoms with van der Waals surface area (Å²) in [6.45, 7) is 0. The molecule has 2 aromatic rings. The van der Waals surface area contributed by atoms with Crippen molar-refractivity contribution in [3.63, 3.8) is 0 Å². The summed E-state index contributed by atoms with van der Waals surface area (Å²) in [5.74, 6) is -3.45. The van der Waals surface area contributed by atoms with E-state index in [-0.39, 0.29) is 0 Å². The van der Waals surface area contributed by atoms with Crippen molar-refractivity contribution in [2.75, 3.05) is 0 Å². The zero-order chi connectivity index (χ0) is 14.8. The molecule has 0 bridgehead atoms. The number of rotatable bonds is 3. The molecule has 0 saturated carbocycles. The number of hydrogen-bond donors (Lipinski definition) is 1. The summed E-state index contributed by atoms with van der Waals surface area (Å²) in [6.07, 6.45) is -2.23. The number of oxazole rings is 1. The Kier molecular flexibility index (Phi) is 3.60. The van der Waals surface area contributed by atoms with Crippen LogP contribution in [0, 0.1) is 0 Å². The van der Waals surface area contributed by atoms with Gasteiger partial charge in [0.2, 0.25) is 11.7 Å². The second-order valence-corrected chi connectivity index (χ2v) is 3.78. The summed E-state index contributed by atoms with van der Waals surface area (Å²) >= 11 is 0. The van der Waals surface area contributed by atoms with Crippen molar-refractivity contribution in [2.45, 2.75) is 6.18 Å². The molecule has 0 unspecified atom stereocenters. The Bertz CT molecular complexity index is 645. The number of alkyl halides is 3. The van der Waals surface area contributed by atoms with Gasteiger partial charge in [-0.25, -0.2) is 9.78 Å². The van der Waals surface area contributed by atoms with E-state index in [9.17, 15) is 18.0 Å². The van der Waals surface area contributed by atoms with E-state index in [0.717, 1.165) is 5.56 Å². The van der Waals surface area contributed by atoms with Crippen LogP contribution in [0.5, 0.6) is 0 Å². The van der Waals surface area contributed by atoms with Crippen LogP contribution in [0.3, 0.4) is 0 Å². The Labute approximate surface area is 111 Å². The fourth-order valence-corrected chi connectivity index (χ4v) is 1.48. The molecule has 0 aliphatic rings.